The van der Waals surface area contributed by atoms with Crippen LogP contribution in [-0.4, -0.2) is 40.5 Å². The van der Waals surface area contributed by atoms with Gasteiger partial charge >= 0.3 is 0 Å². The molecule has 0 fully saturated rings. The highest BCUT2D eigenvalue weighted by Crippen LogP contribution is 2.24. The number of amides is 1. The molecule has 9 nitrogen and oxygen atoms in total. The Hall–Kier alpha value is -4.67. The first-order chi connectivity index (χ1) is 15.6. The first-order valence-corrected chi connectivity index (χ1v) is 9.42. The lowest BCUT2D eigenvalue weighted by molar-refractivity contribution is 0.102. The third kappa shape index (κ3) is 3.41. The number of hydrogen-bond donors (Lipinski definition) is 1. The standard InChI is InChI=1S/C21H14F2N8O/c22-16-8-7-14(30-13-24-27-28-30)11-18(16)26-20(32)15-12-25-31(19-6-2-1-5-17(19)23)21(15)29-9-3-4-10-29/h1-13H,(H,26,32). The molecule has 0 saturated heterocycles. The average molecular weight is 432 g/mol. The molecule has 3 aromatic heterocycles. The van der Waals surface area contributed by atoms with Crippen LogP contribution in [0.5, 0.6) is 0 Å². The maximum Gasteiger partial charge on any atom is 0.261 e. The second-order valence-corrected chi connectivity index (χ2v) is 6.71. The number of nitrogens with one attached hydrogen (secondary N) is 1. The van der Waals surface area contributed by atoms with Gasteiger partial charge in [0, 0.05) is 12.4 Å². The van der Waals surface area contributed by atoms with Crippen molar-refractivity contribution in [2.75, 3.05) is 5.32 Å². The van der Waals surface area contributed by atoms with Crippen LogP contribution in [0.2, 0.25) is 0 Å². The Morgan fingerprint density at radius 1 is 0.969 bits per heavy atom. The zero-order valence-corrected chi connectivity index (χ0v) is 16.3. The molecule has 0 unspecified atom stereocenters. The van der Waals surface area contributed by atoms with Crippen LogP contribution in [0.4, 0.5) is 14.5 Å². The monoisotopic (exact) mass is 432 g/mol. The number of rotatable bonds is 5. The Labute approximate surface area is 179 Å². The van der Waals surface area contributed by atoms with Crippen molar-refractivity contribution in [2.45, 2.75) is 0 Å². The molecule has 32 heavy (non-hydrogen) atoms. The number of aromatic nitrogens is 7. The molecule has 2 aromatic carbocycles. The molecule has 0 radical (unpaired) electrons. The summed E-state index contributed by atoms with van der Waals surface area (Å²) >= 11 is 0. The molecule has 0 bridgehead atoms. The molecule has 158 valence electrons. The normalized spacial score (nSPS) is 10.9. The van der Waals surface area contributed by atoms with Crippen molar-refractivity contribution in [3.05, 3.63) is 96.7 Å². The van der Waals surface area contributed by atoms with E-state index in [2.05, 4.69) is 25.9 Å². The summed E-state index contributed by atoms with van der Waals surface area (Å²) in [5.74, 6) is -1.46. The molecule has 11 heteroatoms. The van der Waals surface area contributed by atoms with Gasteiger partial charge in [0.25, 0.3) is 5.91 Å². The second kappa shape index (κ2) is 7.87. The zero-order valence-electron chi connectivity index (χ0n) is 16.3. The summed E-state index contributed by atoms with van der Waals surface area (Å²) in [6.45, 7) is 0. The smallest absolute Gasteiger partial charge is 0.261 e. The molecule has 3 heterocycles. The summed E-state index contributed by atoms with van der Waals surface area (Å²) in [6, 6.07) is 13.7. The summed E-state index contributed by atoms with van der Waals surface area (Å²) in [7, 11) is 0. The van der Waals surface area contributed by atoms with E-state index in [1.54, 1.807) is 47.3 Å². The lowest BCUT2D eigenvalue weighted by Crippen LogP contribution is -2.16. The van der Waals surface area contributed by atoms with Crippen LogP contribution in [0.15, 0.2) is 79.5 Å². The Morgan fingerprint density at radius 2 is 1.78 bits per heavy atom. The van der Waals surface area contributed by atoms with Crippen molar-refractivity contribution < 1.29 is 13.6 Å². The lowest BCUT2D eigenvalue weighted by Gasteiger charge is -2.12. The predicted molar refractivity (Wildman–Crippen MR) is 110 cm³/mol. The maximum atomic E-state index is 14.4. The van der Waals surface area contributed by atoms with Crippen molar-refractivity contribution in [3.8, 4) is 17.2 Å². The molecule has 0 atom stereocenters. The van der Waals surface area contributed by atoms with Gasteiger partial charge in [0.2, 0.25) is 0 Å². The van der Waals surface area contributed by atoms with Crippen LogP contribution in [0.3, 0.4) is 0 Å². The Morgan fingerprint density at radius 3 is 2.53 bits per heavy atom. The highest BCUT2D eigenvalue weighted by Gasteiger charge is 2.22. The third-order valence-corrected chi connectivity index (χ3v) is 4.73. The molecule has 1 amide bonds. The molecule has 0 spiro atoms. The molecule has 0 aliphatic rings. The van der Waals surface area contributed by atoms with E-state index in [-0.39, 0.29) is 16.9 Å². The van der Waals surface area contributed by atoms with E-state index in [9.17, 15) is 13.6 Å². The van der Waals surface area contributed by atoms with E-state index >= 15 is 0 Å². The number of hydrogen-bond acceptors (Lipinski definition) is 5. The number of para-hydroxylation sites is 1. The van der Waals surface area contributed by atoms with Crippen LogP contribution in [-0.2, 0) is 0 Å². The summed E-state index contributed by atoms with van der Waals surface area (Å²) < 4.78 is 33.2. The van der Waals surface area contributed by atoms with E-state index < -0.39 is 17.5 Å². The highest BCUT2D eigenvalue weighted by atomic mass is 19.1. The fraction of sp³-hybridized carbons (Fsp3) is 0. The number of halogens is 2. The van der Waals surface area contributed by atoms with Gasteiger partial charge < -0.3 is 9.88 Å². The summed E-state index contributed by atoms with van der Waals surface area (Å²) in [5.41, 5.74) is 0.679. The molecule has 0 saturated carbocycles. The Bertz CT molecular complexity index is 1390. The summed E-state index contributed by atoms with van der Waals surface area (Å²) in [5, 5.41) is 17.6. The molecule has 5 rings (SSSR count). The number of benzene rings is 2. The fourth-order valence-corrected chi connectivity index (χ4v) is 3.25. The molecular formula is C21H14F2N8O. The molecule has 1 N–H and O–H groups in total. The summed E-state index contributed by atoms with van der Waals surface area (Å²) in [6.07, 6.45) is 6.05. The van der Waals surface area contributed by atoms with Crippen molar-refractivity contribution >= 4 is 11.6 Å². The van der Waals surface area contributed by atoms with Gasteiger partial charge in [0.05, 0.1) is 17.6 Å². The number of tetrazole rings is 1. The van der Waals surface area contributed by atoms with Gasteiger partial charge in [-0.3, -0.25) is 4.79 Å². The quantitative estimate of drug-likeness (QED) is 0.460. The number of nitrogens with zero attached hydrogens (tertiary/aromatic N) is 7. The molecule has 0 aliphatic heterocycles. The SMILES string of the molecule is O=C(Nc1cc(-n2cnnn2)ccc1F)c1cnn(-c2ccccc2F)c1-n1cccc1. The van der Waals surface area contributed by atoms with Crippen LogP contribution in [0.25, 0.3) is 17.2 Å². The van der Waals surface area contributed by atoms with Crippen LogP contribution in [0.1, 0.15) is 10.4 Å². The van der Waals surface area contributed by atoms with E-state index in [4.69, 9.17) is 0 Å². The van der Waals surface area contributed by atoms with Crippen molar-refractivity contribution in [1.82, 2.24) is 34.6 Å². The van der Waals surface area contributed by atoms with Gasteiger partial charge in [-0.2, -0.15) is 5.10 Å². The van der Waals surface area contributed by atoms with E-state index in [1.807, 2.05) is 0 Å². The van der Waals surface area contributed by atoms with Crippen LogP contribution >= 0.6 is 0 Å². The highest BCUT2D eigenvalue weighted by molar-refractivity contribution is 6.06. The Balaban J connectivity index is 1.55. The van der Waals surface area contributed by atoms with E-state index in [0.717, 1.165) is 0 Å². The van der Waals surface area contributed by atoms with E-state index in [1.165, 1.54) is 46.2 Å². The topological polar surface area (TPSA) is 95.5 Å². The largest absolute Gasteiger partial charge is 0.319 e. The van der Waals surface area contributed by atoms with Crippen LogP contribution in [0, 0.1) is 11.6 Å². The first-order valence-electron chi connectivity index (χ1n) is 9.42. The van der Waals surface area contributed by atoms with Gasteiger partial charge in [0.1, 0.15) is 29.2 Å². The van der Waals surface area contributed by atoms with E-state index in [0.29, 0.717) is 11.5 Å². The first kappa shape index (κ1) is 19.3. The van der Waals surface area contributed by atoms with Gasteiger partial charge in [-0.05, 0) is 52.9 Å². The Kier molecular flexibility index (Phi) is 4.75. The van der Waals surface area contributed by atoms with Gasteiger partial charge in [-0.15, -0.1) is 5.10 Å². The van der Waals surface area contributed by atoms with Crippen LogP contribution < -0.4 is 5.32 Å². The minimum Gasteiger partial charge on any atom is -0.319 e. The van der Waals surface area contributed by atoms with Gasteiger partial charge in [0.15, 0.2) is 5.82 Å². The van der Waals surface area contributed by atoms with Crippen molar-refractivity contribution in [2.24, 2.45) is 0 Å². The van der Waals surface area contributed by atoms with Crippen molar-refractivity contribution in [3.63, 3.8) is 0 Å². The van der Waals surface area contributed by atoms with Gasteiger partial charge in [-0.25, -0.2) is 18.1 Å². The molecular weight excluding hydrogens is 418 g/mol. The molecule has 5 aromatic rings. The fourth-order valence-electron chi connectivity index (χ4n) is 3.25. The third-order valence-electron chi connectivity index (χ3n) is 4.73. The van der Waals surface area contributed by atoms with Crippen molar-refractivity contribution in [1.29, 1.82) is 0 Å². The second-order valence-electron chi connectivity index (χ2n) is 6.71. The minimum absolute atomic E-state index is 0.0694. The number of anilines is 1. The number of carbonyl (C=O) groups excluding carboxylic acids is 1. The minimum atomic E-state index is -0.640. The maximum absolute atomic E-state index is 14.4. The average Bonchev–Trinajstić information content (AvgIpc) is 3.56. The lowest BCUT2D eigenvalue weighted by atomic mass is 10.2. The predicted octanol–water partition coefficient (Wildman–Crippen LogP) is 3.17. The zero-order chi connectivity index (χ0) is 22.1. The summed E-state index contributed by atoms with van der Waals surface area (Å²) in [4.78, 5) is 13.1. The number of carbonyl (C=O) groups is 1. The molecule has 0 aliphatic carbocycles. The van der Waals surface area contributed by atoms with Gasteiger partial charge in [-0.1, -0.05) is 12.1 Å².